The van der Waals surface area contributed by atoms with E-state index in [0.717, 1.165) is 12.8 Å². The second-order valence-electron chi connectivity index (χ2n) is 11.4. The van der Waals surface area contributed by atoms with E-state index in [2.05, 4.69) is 13.2 Å². The number of hydrogen-bond acceptors (Lipinski definition) is 5. The molecular weight excluding hydrogens is 542 g/mol. The van der Waals surface area contributed by atoms with Crippen LogP contribution >= 0.6 is 11.6 Å². The van der Waals surface area contributed by atoms with Crippen molar-refractivity contribution >= 4 is 35.0 Å². The number of unbranched alkanes of at least 4 members (excludes halogenated alkanes) is 2. The van der Waals surface area contributed by atoms with Crippen molar-refractivity contribution in [3.05, 3.63) is 54.6 Å². The second-order valence-corrected chi connectivity index (χ2v) is 11.9. The Morgan fingerprint density at radius 3 is 2.41 bits per heavy atom. The number of rotatable bonds is 15. The number of carbonyl (C=O) groups excluding carboxylic acids is 3. The Morgan fingerprint density at radius 2 is 1.80 bits per heavy atom. The van der Waals surface area contributed by atoms with Gasteiger partial charge in [-0.15, -0.1) is 13.2 Å². The van der Waals surface area contributed by atoms with Crippen LogP contribution in [0.15, 0.2) is 49.6 Å². The van der Waals surface area contributed by atoms with E-state index < -0.39 is 29.1 Å². The fraction of sp³-hybridized carbons (Fsp3) is 0.594. The van der Waals surface area contributed by atoms with Gasteiger partial charge in [0.15, 0.2) is 0 Å². The number of aliphatic hydroxyl groups excluding tert-OH is 1. The van der Waals surface area contributed by atoms with Crippen LogP contribution in [-0.4, -0.2) is 82.7 Å². The summed E-state index contributed by atoms with van der Waals surface area (Å²) < 4.78 is 6.94. The number of carbonyl (C=O) groups is 3. The Balaban J connectivity index is 1.79. The number of amides is 3. The molecule has 0 saturated carbocycles. The maximum absolute atomic E-state index is 14.6. The first-order valence-corrected chi connectivity index (χ1v) is 15.3. The molecule has 1 N–H and O–H groups in total. The summed E-state index contributed by atoms with van der Waals surface area (Å²) >= 11 is 6.14. The summed E-state index contributed by atoms with van der Waals surface area (Å²) in [5.74, 6) is -1.94. The van der Waals surface area contributed by atoms with Gasteiger partial charge in [0.25, 0.3) is 5.91 Å². The largest absolute Gasteiger partial charge is 0.396 e. The van der Waals surface area contributed by atoms with Crippen molar-refractivity contribution in [1.82, 2.24) is 9.80 Å². The minimum Gasteiger partial charge on any atom is -0.396 e. The molecule has 41 heavy (non-hydrogen) atoms. The number of ether oxygens (including phenoxy) is 1. The molecule has 4 rings (SSSR count). The molecular formula is C32H44ClN3O5. The van der Waals surface area contributed by atoms with E-state index in [9.17, 15) is 19.5 Å². The van der Waals surface area contributed by atoms with Crippen LogP contribution in [0.4, 0.5) is 5.69 Å². The minimum atomic E-state index is -1.10. The average Bonchev–Trinajstić information content (AvgIpc) is 3.57. The SMILES string of the molecule is C=CCN(CCC)C(=O)[C@H]1[C@H]2C(=O)N(CCCCCO)C(C(=O)N(CC=C)c3ccc(Cl)cc3)C23CC[C@]1(CC)O3. The van der Waals surface area contributed by atoms with Gasteiger partial charge in [-0.3, -0.25) is 14.4 Å². The Labute approximate surface area is 248 Å². The minimum absolute atomic E-state index is 0.0713. The van der Waals surface area contributed by atoms with Gasteiger partial charge >= 0.3 is 0 Å². The number of benzene rings is 1. The molecule has 5 atom stereocenters. The van der Waals surface area contributed by atoms with Crippen LogP contribution in [0.25, 0.3) is 0 Å². The van der Waals surface area contributed by atoms with Gasteiger partial charge in [-0.25, -0.2) is 0 Å². The molecule has 0 radical (unpaired) electrons. The molecule has 3 saturated heterocycles. The van der Waals surface area contributed by atoms with Crippen LogP contribution in [0.5, 0.6) is 0 Å². The summed E-state index contributed by atoms with van der Waals surface area (Å²) in [4.78, 5) is 48.3. The molecule has 1 aromatic carbocycles. The topological polar surface area (TPSA) is 90.4 Å². The van der Waals surface area contributed by atoms with Crippen LogP contribution in [-0.2, 0) is 19.1 Å². The molecule has 0 aromatic heterocycles. The van der Waals surface area contributed by atoms with Crippen molar-refractivity contribution in [3.63, 3.8) is 0 Å². The predicted octanol–water partition coefficient (Wildman–Crippen LogP) is 4.60. The quantitative estimate of drug-likeness (QED) is 0.240. The lowest BCUT2D eigenvalue weighted by molar-refractivity contribution is -0.151. The predicted molar refractivity (Wildman–Crippen MR) is 161 cm³/mol. The van der Waals surface area contributed by atoms with Gasteiger partial charge in [0.1, 0.15) is 11.6 Å². The molecule has 3 aliphatic rings. The molecule has 3 fully saturated rings. The highest BCUT2D eigenvalue weighted by atomic mass is 35.5. The lowest BCUT2D eigenvalue weighted by Gasteiger charge is -2.37. The van der Waals surface area contributed by atoms with Gasteiger partial charge in [0, 0.05) is 43.5 Å². The normalized spacial score (nSPS) is 28.0. The van der Waals surface area contributed by atoms with Gasteiger partial charge in [-0.2, -0.15) is 0 Å². The third-order valence-corrected chi connectivity index (χ3v) is 9.36. The van der Waals surface area contributed by atoms with Crippen LogP contribution in [0.2, 0.25) is 5.02 Å². The van der Waals surface area contributed by atoms with E-state index in [-0.39, 0.29) is 30.9 Å². The molecule has 224 valence electrons. The average molecular weight is 586 g/mol. The van der Waals surface area contributed by atoms with E-state index in [1.165, 1.54) is 0 Å². The van der Waals surface area contributed by atoms with E-state index in [1.54, 1.807) is 51.1 Å². The highest BCUT2D eigenvalue weighted by molar-refractivity contribution is 6.30. The first-order chi connectivity index (χ1) is 19.7. The number of likely N-dealkylation sites (tertiary alicyclic amines) is 1. The molecule has 9 heteroatoms. The zero-order valence-electron chi connectivity index (χ0n) is 24.4. The zero-order chi connectivity index (χ0) is 29.8. The zero-order valence-corrected chi connectivity index (χ0v) is 25.2. The number of fused-ring (bicyclic) bond motifs is 1. The molecule has 2 bridgehead atoms. The molecule has 3 amide bonds. The van der Waals surface area contributed by atoms with Gasteiger partial charge in [-0.05, 0) is 69.2 Å². The van der Waals surface area contributed by atoms with Crippen LogP contribution in [0.1, 0.15) is 58.8 Å². The second kappa shape index (κ2) is 13.1. The van der Waals surface area contributed by atoms with E-state index in [0.29, 0.717) is 62.4 Å². The standard InChI is InChI=1S/C32H44ClN3O5/c1-5-18-34(19-6-2)28(38)25-26-29(39)36(21-10-9-11-22-37)27(32(26)17-16-31(25,8-4)41-32)30(40)35(20-7-3)24-14-12-23(33)13-15-24/h5,7,12-15,25-27,37H,1,3,6,8-11,16-22H2,2,4H3/t25-,26+,27?,31+,32?/m1/s1. The van der Waals surface area contributed by atoms with Gasteiger partial charge in [-0.1, -0.05) is 37.6 Å². The van der Waals surface area contributed by atoms with Crippen molar-refractivity contribution < 1.29 is 24.2 Å². The molecule has 3 aliphatic heterocycles. The Hall–Kier alpha value is -2.68. The lowest BCUT2D eigenvalue weighted by Crippen LogP contribution is -2.56. The Kier molecular flexibility index (Phi) is 9.98. The number of halogens is 1. The molecule has 1 spiro atoms. The molecule has 3 heterocycles. The molecule has 0 aliphatic carbocycles. The van der Waals surface area contributed by atoms with Crippen molar-refractivity contribution in [2.45, 2.75) is 76.0 Å². The maximum Gasteiger partial charge on any atom is 0.253 e. The smallest absolute Gasteiger partial charge is 0.253 e. The number of hydrogen-bond donors (Lipinski definition) is 1. The fourth-order valence-corrected chi connectivity index (χ4v) is 7.44. The number of nitrogens with zero attached hydrogens (tertiary/aromatic N) is 3. The van der Waals surface area contributed by atoms with Crippen molar-refractivity contribution in [3.8, 4) is 0 Å². The summed E-state index contributed by atoms with van der Waals surface area (Å²) in [5.41, 5.74) is -1.24. The summed E-state index contributed by atoms with van der Waals surface area (Å²) in [5, 5.41) is 9.86. The van der Waals surface area contributed by atoms with Crippen LogP contribution in [0, 0.1) is 11.8 Å². The molecule has 1 aromatic rings. The summed E-state index contributed by atoms with van der Waals surface area (Å²) in [6, 6.07) is 6.15. The fourth-order valence-electron chi connectivity index (χ4n) is 7.32. The van der Waals surface area contributed by atoms with Crippen molar-refractivity contribution in [1.29, 1.82) is 0 Å². The maximum atomic E-state index is 14.6. The first-order valence-electron chi connectivity index (χ1n) is 14.9. The number of aliphatic hydroxyl groups is 1. The van der Waals surface area contributed by atoms with E-state index in [1.807, 2.05) is 13.8 Å². The third kappa shape index (κ3) is 5.46. The summed E-state index contributed by atoms with van der Waals surface area (Å²) in [6.45, 7) is 13.4. The highest BCUT2D eigenvalue weighted by Crippen LogP contribution is 2.64. The Bertz CT molecular complexity index is 1140. The van der Waals surface area contributed by atoms with Crippen LogP contribution < -0.4 is 4.90 Å². The number of anilines is 1. The van der Waals surface area contributed by atoms with Gasteiger partial charge in [0.2, 0.25) is 11.8 Å². The summed E-state index contributed by atoms with van der Waals surface area (Å²) in [7, 11) is 0. The van der Waals surface area contributed by atoms with E-state index >= 15 is 0 Å². The monoisotopic (exact) mass is 585 g/mol. The highest BCUT2D eigenvalue weighted by Gasteiger charge is 2.79. The van der Waals surface area contributed by atoms with Crippen LogP contribution in [0.3, 0.4) is 0 Å². The van der Waals surface area contributed by atoms with Crippen molar-refractivity contribution in [2.75, 3.05) is 37.7 Å². The lowest BCUT2D eigenvalue weighted by atomic mass is 9.64. The summed E-state index contributed by atoms with van der Waals surface area (Å²) in [6.07, 6.45) is 7.85. The molecule has 2 unspecified atom stereocenters. The third-order valence-electron chi connectivity index (χ3n) is 9.11. The van der Waals surface area contributed by atoms with Gasteiger partial charge < -0.3 is 24.5 Å². The first kappa shape index (κ1) is 31.3. The van der Waals surface area contributed by atoms with Gasteiger partial charge in [0.05, 0.1) is 17.4 Å². The van der Waals surface area contributed by atoms with Crippen molar-refractivity contribution in [2.24, 2.45) is 11.8 Å². The van der Waals surface area contributed by atoms with E-state index in [4.69, 9.17) is 16.3 Å². The molecule has 8 nitrogen and oxygen atoms in total. The Morgan fingerprint density at radius 1 is 1.10 bits per heavy atom.